The Hall–Kier alpha value is -3.85. The molecule has 0 spiro atoms. The van der Waals surface area contributed by atoms with E-state index in [0.717, 1.165) is 16.9 Å². The molecule has 0 saturated heterocycles. The lowest BCUT2D eigenvalue weighted by Gasteiger charge is -2.25. The molecule has 0 amide bonds. The highest BCUT2D eigenvalue weighted by Gasteiger charge is 2.34. The number of fused-ring (bicyclic) bond motifs is 1. The van der Waals surface area contributed by atoms with Gasteiger partial charge in [0.1, 0.15) is 5.75 Å². The Balaban J connectivity index is 1.94. The number of hydrogen-bond donors (Lipinski definition) is 0. The topological polar surface area (TPSA) is 88.4 Å². The summed E-state index contributed by atoms with van der Waals surface area (Å²) in [7, 11) is 1.62. The standard InChI is InChI=1S/C29H32N2O6S/c1-7-35-21-13-12-20(16-23(21)36-8-2)26-25(28(33)37-9-3)18(5)30-29-31(26)27(32)24(38-29)15-19-11-10-17(4)22(14-19)34-6/h10-16,26H,7-9H2,1-6H3/b24-15-/t26-/m0/s1. The number of aromatic nitrogens is 1. The number of methoxy groups -OCH3 is 1. The lowest BCUT2D eigenvalue weighted by Crippen LogP contribution is -2.40. The van der Waals surface area contributed by atoms with Crippen LogP contribution in [0.1, 0.15) is 50.4 Å². The molecule has 0 bridgehead atoms. The van der Waals surface area contributed by atoms with Crippen molar-refractivity contribution in [1.29, 1.82) is 0 Å². The fraction of sp³-hybridized carbons (Fsp3) is 0.345. The summed E-state index contributed by atoms with van der Waals surface area (Å²) in [6.07, 6.45) is 1.82. The quantitative estimate of drug-likeness (QED) is 0.386. The van der Waals surface area contributed by atoms with Gasteiger partial charge in [-0.15, -0.1) is 0 Å². The molecule has 1 atom stereocenters. The second-order valence-corrected chi connectivity index (χ2v) is 9.61. The highest BCUT2D eigenvalue weighted by molar-refractivity contribution is 7.07. The van der Waals surface area contributed by atoms with Crippen molar-refractivity contribution < 1.29 is 23.7 Å². The number of thiazole rings is 1. The molecule has 1 aromatic heterocycles. The Morgan fingerprint density at radius 3 is 2.42 bits per heavy atom. The van der Waals surface area contributed by atoms with E-state index >= 15 is 0 Å². The van der Waals surface area contributed by atoms with Crippen molar-refractivity contribution in [3.8, 4) is 17.2 Å². The predicted octanol–water partition coefficient (Wildman–Crippen LogP) is 3.91. The number of allylic oxidation sites excluding steroid dienone is 1. The number of aryl methyl sites for hydroxylation is 1. The zero-order valence-corrected chi connectivity index (χ0v) is 23.3. The van der Waals surface area contributed by atoms with Gasteiger partial charge in [0.25, 0.3) is 5.56 Å². The highest BCUT2D eigenvalue weighted by Crippen LogP contribution is 2.36. The minimum atomic E-state index is -0.741. The van der Waals surface area contributed by atoms with E-state index in [1.165, 1.54) is 11.3 Å². The molecule has 0 N–H and O–H groups in total. The van der Waals surface area contributed by atoms with Gasteiger partial charge in [0.2, 0.25) is 0 Å². The summed E-state index contributed by atoms with van der Waals surface area (Å²) in [6.45, 7) is 10.4. The first-order chi connectivity index (χ1) is 18.3. The summed E-state index contributed by atoms with van der Waals surface area (Å²) in [4.78, 5) is 32.2. The summed E-state index contributed by atoms with van der Waals surface area (Å²) < 4.78 is 24.5. The zero-order valence-electron chi connectivity index (χ0n) is 22.5. The monoisotopic (exact) mass is 536 g/mol. The van der Waals surface area contributed by atoms with Crippen LogP contribution in [-0.2, 0) is 9.53 Å². The summed E-state index contributed by atoms with van der Waals surface area (Å²) in [5.41, 5.74) is 3.09. The van der Waals surface area contributed by atoms with Crippen molar-refractivity contribution in [2.75, 3.05) is 26.9 Å². The van der Waals surface area contributed by atoms with Crippen LogP contribution < -0.4 is 29.1 Å². The molecule has 2 aromatic carbocycles. The van der Waals surface area contributed by atoms with Crippen molar-refractivity contribution in [3.63, 3.8) is 0 Å². The highest BCUT2D eigenvalue weighted by atomic mass is 32.1. The van der Waals surface area contributed by atoms with Crippen LogP contribution in [0.3, 0.4) is 0 Å². The van der Waals surface area contributed by atoms with Gasteiger partial charge in [0.05, 0.1) is 48.8 Å². The fourth-order valence-corrected chi connectivity index (χ4v) is 5.47. The van der Waals surface area contributed by atoms with E-state index < -0.39 is 12.0 Å². The first-order valence-electron chi connectivity index (χ1n) is 12.6. The van der Waals surface area contributed by atoms with E-state index in [0.29, 0.717) is 50.9 Å². The summed E-state index contributed by atoms with van der Waals surface area (Å²) in [5, 5.41) is 0. The average molecular weight is 537 g/mol. The van der Waals surface area contributed by atoms with Gasteiger partial charge in [-0.05, 0) is 75.6 Å². The Labute approximate surface area is 225 Å². The SMILES string of the molecule is CCOC(=O)C1=C(C)N=c2s/c(=C\c3ccc(C)c(OC)c3)c(=O)n2[C@H]1c1ccc(OCC)c(OCC)c1. The molecule has 200 valence electrons. The van der Waals surface area contributed by atoms with Gasteiger partial charge in [-0.3, -0.25) is 9.36 Å². The number of carbonyl (C=O) groups is 1. The van der Waals surface area contributed by atoms with Gasteiger partial charge in [0, 0.05) is 0 Å². The number of hydrogen-bond acceptors (Lipinski definition) is 8. The molecule has 0 radical (unpaired) electrons. The molecule has 0 saturated carbocycles. The van der Waals surface area contributed by atoms with Gasteiger partial charge in [-0.25, -0.2) is 9.79 Å². The predicted molar refractivity (Wildman–Crippen MR) is 147 cm³/mol. The van der Waals surface area contributed by atoms with E-state index in [-0.39, 0.29) is 12.2 Å². The van der Waals surface area contributed by atoms with Crippen LogP contribution in [-0.4, -0.2) is 37.5 Å². The number of ether oxygens (including phenoxy) is 4. The van der Waals surface area contributed by atoms with Gasteiger partial charge >= 0.3 is 5.97 Å². The minimum absolute atomic E-state index is 0.204. The van der Waals surface area contributed by atoms with E-state index in [1.54, 1.807) is 31.6 Å². The number of carbonyl (C=O) groups excluding carboxylic acids is 1. The van der Waals surface area contributed by atoms with Gasteiger partial charge in [0.15, 0.2) is 16.3 Å². The number of nitrogens with zero attached hydrogens (tertiary/aromatic N) is 2. The molecule has 8 nitrogen and oxygen atoms in total. The van der Waals surface area contributed by atoms with Crippen LogP contribution in [0, 0.1) is 6.92 Å². The fourth-order valence-electron chi connectivity index (χ4n) is 4.42. The molecule has 3 aromatic rings. The van der Waals surface area contributed by atoms with Crippen LogP contribution >= 0.6 is 11.3 Å². The van der Waals surface area contributed by atoms with Crippen molar-refractivity contribution in [3.05, 3.63) is 84.0 Å². The number of benzene rings is 2. The summed E-state index contributed by atoms with van der Waals surface area (Å²) >= 11 is 1.27. The zero-order chi connectivity index (χ0) is 27.4. The average Bonchev–Trinajstić information content (AvgIpc) is 3.19. The van der Waals surface area contributed by atoms with Gasteiger partial charge in [-0.2, -0.15) is 0 Å². The van der Waals surface area contributed by atoms with Crippen molar-refractivity contribution in [2.45, 2.75) is 40.7 Å². The molecule has 9 heteroatoms. The minimum Gasteiger partial charge on any atom is -0.496 e. The van der Waals surface area contributed by atoms with Gasteiger partial charge < -0.3 is 18.9 Å². The smallest absolute Gasteiger partial charge is 0.338 e. The van der Waals surface area contributed by atoms with Crippen LogP contribution in [0.2, 0.25) is 0 Å². The lowest BCUT2D eigenvalue weighted by atomic mass is 9.95. The molecule has 38 heavy (non-hydrogen) atoms. The molecule has 4 rings (SSSR count). The third kappa shape index (κ3) is 5.24. The number of esters is 1. The van der Waals surface area contributed by atoms with E-state index in [1.807, 2.05) is 57.2 Å². The van der Waals surface area contributed by atoms with Crippen molar-refractivity contribution in [1.82, 2.24) is 4.57 Å². The maximum atomic E-state index is 13.9. The van der Waals surface area contributed by atoms with Gasteiger partial charge in [-0.1, -0.05) is 29.5 Å². The molecule has 0 fully saturated rings. The molecule has 0 unspecified atom stereocenters. The maximum Gasteiger partial charge on any atom is 0.338 e. The maximum absolute atomic E-state index is 13.9. The normalized spacial score (nSPS) is 15.1. The molecule has 0 aliphatic carbocycles. The van der Waals surface area contributed by atoms with Crippen LogP contribution in [0.15, 0.2) is 57.5 Å². The van der Waals surface area contributed by atoms with Crippen molar-refractivity contribution >= 4 is 23.4 Å². The lowest BCUT2D eigenvalue weighted by molar-refractivity contribution is -0.139. The van der Waals surface area contributed by atoms with E-state index in [2.05, 4.69) is 4.99 Å². The van der Waals surface area contributed by atoms with Crippen LogP contribution in [0.25, 0.3) is 6.08 Å². The Bertz CT molecular complexity index is 1570. The Morgan fingerprint density at radius 2 is 1.74 bits per heavy atom. The second kappa shape index (κ2) is 11.7. The summed E-state index contributed by atoms with van der Waals surface area (Å²) in [5.74, 6) is 1.36. The first-order valence-corrected chi connectivity index (χ1v) is 13.4. The summed E-state index contributed by atoms with van der Waals surface area (Å²) in [6, 6.07) is 10.5. The Kier molecular flexibility index (Phi) is 8.36. The Morgan fingerprint density at radius 1 is 1.00 bits per heavy atom. The van der Waals surface area contributed by atoms with E-state index in [9.17, 15) is 9.59 Å². The second-order valence-electron chi connectivity index (χ2n) is 8.60. The molecular weight excluding hydrogens is 504 g/mol. The first kappa shape index (κ1) is 27.2. The van der Waals surface area contributed by atoms with Crippen molar-refractivity contribution in [2.24, 2.45) is 4.99 Å². The van der Waals surface area contributed by atoms with E-state index in [4.69, 9.17) is 18.9 Å². The van der Waals surface area contributed by atoms with Crippen LogP contribution in [0.5, 0.6) is 17.2 Å². The number of rotatable bonds is 9. The molecule has 1 aliphatic rings. The largest absolute Gasteiger partial charge is 0.496 e. The third-order valence-corrected chi connectivity index (χ3v) is 7.11. The molecule has 1 aliphatic heterocycles. The molecular formula is C29H32N2O6S. The molecule has 2 heterocycles. The van der Waals surface area contributed by atoms with Crippen LogP contribution in [0.4, 0.5) is 0 Å². The third-order valence-electron chi connectivity index (χ3n) is 6.13.